The molecule has 1 fully saturated rings. The zero-order chi connectivity index (χ0) is 28.6. The Morgan fingerprint density at radius 3 is 2.42 bits per heavy atom. The maximum absolute atomic E-state index is 13.0. The molecular formula is C31H29F3N2O4. The van der Waals surface area contributed by atoms with Gasteiger partial charge in [0, 0.05) is 25.6 Å². The summed E-state index contributed by atoms with van der Waals surface area (Å²) in [6.07, 6.45) is -5.07. The number of rotatable bonds is 7. The van der Waals surface area contributed by atoms with Crippen LogP contribution >= 0.6 is 0 Å². The van der Waals surface area contributed by atoms with Gasteiger partial charge in [-0.15, -0.1) is 0 Å². The lowest BCUT2D eigenvalue weighted by Crippen LogP contribution is -2.39. The first-order valence-electron chi connectivity index (χ1n) is 13.2. The average molecular weight is 551 g/mol. The topological polar surface area (TPSA) is 86.7 Å². The lowest BCUT2D eigenvalue weighted by molar-refractivity contribution is -0.162. The summed E-state index contributed by atoms with van der Waals surface area (Å²) in [7, 11) is 0. The summed E-state index contributed by atoms with van der Waals surface area (Å²) in [5.74, 6) is -2.10. The van der Waals surface area contributed by atoms with E-state index in [1.165, 1.54) is 11.0 Å². The van der Waals surface area contributed by atoms with Crippen molar-refractivity contribution in [2.45, 2.75) is 51.4 Å². The van der Waals surface area contributed by atoms with Crippen LogP contribution in [0.2, 0.25) is 0 Å². The van der Waals surface area contributed by atoms with E-state index in [9.17, 15) is 32.7 Å². The Bertz CT molecular complexity index is 1470. The van der Waals surface area contributed by atoms with Crippen LogP contribution in [0.4, 0.5) is 13.2 Å². The van der Waals surface area contributed by atoms with Crippen LogP contribution in [0.25, 0.3) is 11.1 Å². The molecule has 1 heterocycles. The fourth-order valence-electron chi connectivity index (χ4n) is 5.68. The summed E-state index contributed by atoms with van der Waals surface area (Å²) in [5, 5.41) is 12.6. The second-order valence-corrected chi connectivity index (χ2v) is 10.4. The Morgan fingerprint density at radius 2 is 1.73 bits per heavy atom. The minimum absolute atomic E-state index is 0.0168. The van der Waals surface area contributed by atoms with Gasteiger partial charge in [0.15, 0.2) is 0 Å². The number of fused-ring (bicyclic) bond motifs is 1. The van der Waals surface area contributed by atoms with Crippen LogP contribution in [0.5, 0.6) is 0 Å². The number of hydrogen-bond donors (Lipinski definition) is 2. The third-order valence-corrected chi connectivity index (χ3v) is 7.88. The number of carboxylic acids is 1. The van der Waals surface area contributed by atoms with Crippen molar-refractivity contribution in [3.05, 3.63) is 94.0 Å². The van der Waals surface area contributed by atoms with E-state index in [2.05, 4.69) is 5.32 Å². The van der Waals surface area contributed by atoms with Crippen LogP contribution in [0.15, 0.2) is 60.7 Å². The molecule has 208 valence electrons. The maximum Gasteiger partial charge on any atom is 0.397 e. The fourth-order valence-corrected chi connectivity index (χ4v) is 5.68. The van der Waals surface area contributed by atoms with Gasteiger partial charge in [-0.2, -0.15) is 13.2 Å². The molecule has 2 unspecified atom stereocenters. The highest BCUT2D eigenvalue weighted by Gasteiger charge is 2.43. The number of carboxylic acid groups (broad SMARTS) is 1. The van der Waals surface area contributed by atoms with Crippen molar-refractivity contribution in [2.24, 2.45) is 5.92 Å². The first-order chi connectivity index (χ1) is 19.0. The Balaban J connectivity index is 1.43. The number of nitrogens with zero attached hydrogens (tertiary/aromatic N) is 1. The molecule has 2 N–H and O–H groups in total. The highest BCUT2D eigenvalue weighted by Crippen LogP contribution is 2.47. The minimum atomic E-state index is -4.61. The Hall–Kier alpha value is -4.14. The quantitative estimate of drug-likeness (QED) is 0.400. The second kappa shape index (κ2) is 10.8. The van der Waals surface area contributed by atoms with Crippen molar-refractivity contribution in [1.82, 2.24) is 10.2 Å². The summed E-state index contributed by atoms with van der Waals surface area (Å²) in [6, 6.07) is 18.5. The largest absolute Gasteiger partial charge is 0.478 e. The predicted molar refractivity (Wildman–Crippen MR) is 143 cm³/mol. The van der Waals surface area contributed by atoms with E-state index < -0.39 is 24.5 Å². The van der Waals surface area contributed by atoms with Gasteiger partial charge in [0.05, 0.1) is 5.56 Å². The molecule has 2 atom stereocenters. The number of aromatic carboxylic acids is 1. The van der Waals surface area contributed by atoms with Gasteiger partial charge >= 0.3 is 12.1 Å². The fraction of sp³-hybridized carbons (Fsp3) is 0.323. The third-order valence-electron chi connectivity index (χ3n) is 7.88. The van der Waals surface area contributed by atoms with E-state index in [4.69, 9.17) is 0 Å². The summed E-state index contributed by atoms with van der Waals surface area (Å²) in [6.45, 7) is 2.00. The Labute approximate surface area is 229 Å². The van der Waals surface area contributed by atoms with Gasteiger partial charge in [-0.25, -0.2) is 4.79 Å². The van der Waals surface area contributed by atoms with E-state index in [1.54, 1.807) is 19.1 Å². The zero-order valence-corrected chi connectivity index (χ0v) is 21.9. The monoisotopic (exact) mass is 550 g/mol. The molecule has 1 aliphatic heterocycles. The Morgan fingerprint density at radius 1 is 0.975 bits per heavy atom. The van der Waals surface area contributed by atoms with Crippen molar-refractivity contribution in [3.8, 4) is 11.1 Å². The van der Waals surface area contributed by atoms with Gasteiger partial charge in [0.1, 0.15) is 6.42 Å². The predicted octanol–water partition coefficient (Wildman–Crippen LogP) is 5.62. The molecule has 3 aromatic carbocycles. The van der Waals surface area contributed by atoms with Crippen molar-refractivity contribution in [3.63, 3.8) is 0 Å². The second-order valence-electron chi connectivity index (χ2n) is 10.4. The molecular weight excluding hydrogens is 521 g/mol. The molecule has 3 aromatic rings. The molecule has 0 bridgehead atoms. The van der Waals surface area contributed by atoms with Crippen LogP contribution in [0, 0.1) is 12.8 Å². The maximum atomic E-state index is 13.0. The average Bonchev–Trinajstić information content (AvgIpc) is 3.72. The number of alkyl halides is 3. The molecule has 40 heavy (non-hydrogen) atoms. The lowest BCUT2D eigenvalue weighted by atomic mass is 9.85. The molecule has 1 saturated carbocycles. The van der Waals surface area contributed by atoms with Gasteiger partial charge in [-0.05, 0) is 70.7 Å². The van der Waals surface area contributed by atoms with E-state index in [0.717, 1.165) is 28.7 Å². The summed E-state index contributed by atoms with van der Waals surface area (Å²) in [5.41, 5.74) is 5.61. The SMILES string of the molecule is Cc1c(C(=O)O)cccc1-c1ccc(CNC(=O)C2CC2c2ccccc2)c2c1CCN(C(=O)CC(F)(F)F)C2. The summed E-state index contributed by atoms with van der Waals surface area (Å²) < 4.78 is 38.9. The highest BCUT2D eigenvalue weighted by molar-refractivity contribution is 5.92. The highest BCUT2D eigenvalue weighted by atomic mass is 19.4. The standard InChI is InChI=1S/C31H29F3N2O4/c1-18-21(8-5-9-22(18)30(39)40)23-11-10-20(16-35-29(38)26-14-25(26)19-6-3-2-4-7-19)27-17-36(13-12-24(23)27)28(37)15-31(32,33)34/h2-11,25-26H,12-17H2,1H3,(H,35,38)(H,39,40). The molecule has 9 heteroatoms. The molecule has 0 aromatic heterocycles. The smallest absolute Gasteiger partial charge is 0.397 e. The van der Waals surface area contributed by atoms with Crippen molar-refractivity contribution >= 4 is 17.8 Å². The van der Waals surface area contributed by atoms with Gasteiger partial charge in [0.25, 0.3) is 0 Å². The Kier molecular flexibility index (Phi) is 7.40. The number of amides is 2. The van der Waals surface area contributed by atoms with Crippen molar-refractivity contribution < 1.29 is 32.7 Å². The summed E-state index contributed by atoms with van der Waals surface area (Å²) in [4.78, 5) is 38.3. The zero-order valence-electron chi connectivity index (χ0n) is 21.9. The number of hydrogen-bond acceptors (Lipinski definition) is 3. The van der Waals surface area contributed by atoms with Gasteiger partial charge in [-0.3, -0.25) is 9.59 Å². The van der Waals surface area contributed by atoms with Crippen LogP contribution < -0.4 is 5.32 Å². The van der Waals surface area contributed by atoms with Gasteiger partial charge in [0.2, 0.25) is 11.8 Å². The minimum Gasteiger partial charge on any atom is -0.478 e. The molecule has 2 amide bonds. The third kappa shape index (κ3) is 5.73. The summed E-state index contributed by atoms with van der Waals surface area (Å²) >= 11 is 0. The number of halogens is 3. The normalized spacial score (nSPS) is 18.1. The molecule has 0 radical (unpaired) electrons. The first kappa shape index (κ1) is 27.4. The molecule has 5 rings (SSSR count). The van der Waals surface area contributed by atoms with E-state index >= 15 is 0 Å². The van der Waals surface area contributed by atoms with Gasteiger partial charge in [-0.1, -0.05) is 54.6 Å². The van der Waals surface area contributed by atoms with Crippen LogP contribution in [-0.4, -0.2) is 40.5 Å². The number of carbonyl (C=O) groups excluding carboxylic acids is 2. The van der Waals surface area contributed by atoms with Crippen LogP contribution in [0.1, 0.15) is 56.9 Å². The molecule has 6 nitrogen and oxygen atoms in total. The van der Waals surface area contributed by atoms with Crippen molar-refractivity contribution in [2.75, 3.05) is 6.54 Å². The van der Waals surface area contributed by atoms with Crippen molar-refractivity contribution in [1.29, 1.82) is 0 Å². The number of benzene rings is 3. The number of nitrogens with one attached hydrogen (secondary N) is 1. The molecule has 0 saturated heterocycles. The van der Waals surface area contributed by atoms with Crippen LogP contribution in [-0.2, 0) is 29.1 Å². The first-order valence-corrected chi connectivity index (χ1v) is 13.2. The lowest BCUT2D eigenvalue weighted by Gasteiger charge is -2.32. The van der Waals surface area contributed by atoms with E-state index in [-0.39, 0.29) is 42.9 Å². The number of carbonyl (C=O) groups is 3. The van der Waals surface area contributed by atoms with Crippen LogP contribution in [0.3, 0.4) is 0 Å². The molecule has 0 spiro atoms. The molecule has 1 aliphatic carbocycles. The molecule has 2 aliphatic rings. The van der Waals surface area contributed by atoms with E-state index in [0.29, 0.717) is 23.1 Å². The van der Waals surface area contributed by atoms with E-state index in [1.807, 2.05) is 42.5 Å². The van der Waals surface area contributed by atoms with Gasteiger partial charge < -0.3 is 15.3 Å².